The van der Waals surface area contributed by atoms with Gasteiger partial charge in [0.25, 0.3) is 0 Å². The summed E-state index contributed by atoms with van der Waals surface area (Å²) in [6.45, 7) is 1.41. The average Bonchev–Trinajstić information content (AvgIpc) is 2.46. The van der Waals surface area contributed by atoms with Crippen molar-refractivity contribution in [2.24, 2.45) is 0 Å². The number of ether oxygens (including phenoxy) is 1. The quantitative estimate of drug-likeness (QED) is 0.347. The normalized spacial score (nSPS) is 11.7. The molecule has 2 rings (SSSR count). The number of halogens is 1. The summed E-state index contributed by atoms with van der Waals surface area (Å²) in [6.07, 6.45) is 0. The van der Waals surface area contributed by atoms with Gasteiger partial charge in [-0.25, -0.2) is 0 Å². The molecule has 0 N–H and O–H groups in total. The number of rotatable bonds is 3. The van der Waals surface area contributed by atoms with Crippen molar-refractivity contribution in [1.29, 1.82) is 0 Å². The van der Waals surface area contributed by atoms with Crippen LogP contribution in [0.3, 0.4) is 0 Å². The molecule has 19 heavy (non-hydrogen) atoms. The first-order valence-corrected chi connectivity index (χ1v) is 6.95. The van der Waals surface area contributed by atoms with E-state index in [1.165, 1.54) is 6.92 Å². The maximum Gasteiger partial charge on any atom is 0.308 e. The molecule has 0 aromatic heterocycles. The molecule has 0 radical (unpaired) electrons. The van der Waals surface area contributed by atoms with E-state index in [-0.39, 0.29) is 5.97 Å². The van der Waals surface area contributed by atoms with E-state index in [0.717, 1.165) is 14.7 Å². The van der Waals surface area contributed by atoms with Crippen molar-refractivity contribution >= 4 is 37.9 Å². The fraction of sp³-hybridized carbons (Fsp3) is 0.0625. The summed E-state index contributed by atoms with van der Waals surface area (Å²) in [4.78, 5) is 11.3. The maximum absolute atomic E-state index is 11.3. The minimum Gasteiger partial charge on any atom is -0.425 e. The zero-order valence-electron chi connectivity index (χ0n) is 10.5. The van der Waals surface area contributed by atoms with E-state index in [2.05, 4.69) is 22.6 Å². The Labute approximate surface area is 126 Å². The lowest BCUT2D eigenvalue weighted by Crippen LogP contribution is -2.00. The standard InChI is InChI=1S/C16H13IO2/c1-12(18)19-16(14-10-6-3-7-11-14)15(17)13-8-4-2-5-9-13/h2-11H,1H3/b16-15+. The fourth-order valence-electron chi connectivity index (χ4n) is 1.68. The van der Waals surface area contributed by atoms with Crippen LogP contribution in [0.5, 0.6) is 0 Å². The molecule has 0 heterocycles. The molecule has 96 valence electrons. The Kier molecular flexibility index (Phi) is 4.74. The second-order valence-corrected chi connectivity index (χ2v) is 5.05. The summed E-state index contributed by atoms with van der Waals surface area (Å²) in [7, 11) is 0. The van der Waals surface area contributed by atoms with Gasteiger partial charge in [-0.3, -0.25) is 4.79 Å². The van der Waals surface area contributed by atoms with Crippen LogP contribution >= 0.6 is 22.6 Å². The van der Waals surface area contributed by atoms with E-state index < -0.39 is 0 Å². The van der Waals surface area contributed by atoms with E-state index in [9.17, 15) is 4.79 Å². The average molecular weight is 364 g/mol. The molecule has 2 aromatic rings. The van der Waals surface area contributed by atoms with E-state index >= 15 is 0 Å². The van der Waals surface area contributed by atoms with Gasteiger partial charge in [-0.2, -0.15) is 0 Å². The molecule has 0 unspecified atom stereocenters. The molecule has 0 atom stereocenters. The third kappa shape index (κ3) is 3.67. The minimum atomic E-state index is -0.316. The second kappa shape index (κ2) is 6.52. The highest BCUT2D eigenvalue weighted by atomic mass is 127. The van der Waals surface area contributed by atoms with Crippen LogP contribution in [0.4, 0.5) is 0 Å². The van der Waals surface area contributed by atoms with Crippen LogP contribution in [0.25, 0.3) is 9.34 Å². The fourth-order valence-corrected chi connectivity index (χ4v) is 2.46. The highest BCUT2D eigenvalue weighted by molar-refractivity contribution is 14.1. The van der Waals surface area contributed by atoms with E-state index in [0.29, 0.717) is 5.76 Å². The predicted molar refractivity (Wildman–Crippen MR) is 85.5 cm³/mol. The topological polar surface area (TPSA) is 26.3 Å². The van der Waals surface area contributed by atoms with Gasteiger partial charge in [0.15, 0.2) is 5.76 Å². The first kappa shape index (κ1) is 13.8. The number of hydrogen-bond acceptors (Lipinski definition) is 2. The van der Waals surface area contributed by atoms with Gasteiger partial charge in [-0.1, -0.05) is 60.7 Å². The molecule has 2 nitrogen and oxygen atoms in total. The van der Waals surface area contributed by atoms with Crippen molar-refractivity contribution < 1.29 is 9.53 Å². The van der Waals surface area contributed by atoms with Crippen molar-refractivity contribution in [3.05, 3.63) is 71.8 Å². The van der Waals surface area contributed by atoms with Crippen molar-refractivity contribution in [2.75, 3.05) is 0 Å². The Morgan fingerprint density at radius 1 is 0.895 bits per heavy atom. The highest BCUT2D eigenvalue weighted by Gasteiger charge is 2.12. The molecule has 0 aliphatic carbocycles. The van der Waals surface area contributed by atoms with Crippen LogP contribution in [0.1, 0.15) is 18.1 Å². The molecule has 3 heteroatoms. The SMILES string of the molecule is CC(=O)O/C(=C(/I)c1ccccc1)c1ccccc1. The summed E-state index contributed by atoms with van der Waals surface area (Å²) in [5, 5.41) is 0. The van der Waals surface area contributed by atoms with Crippen molar-refractivity contribution in [1.82, 2.24) is 0 Å². The van der Waals surface area contributed by atoms with Crippen LogP contribution < -0.4 is 0 Å². The first-order valence-electron chi connectivity index (χ1n) is 5.87. The lowest BCUT2D eigenvalue weighted by atomic mass is 10.1. The molecular weight excluding hydrogens is 351 g/mol. The molecule has 0 saturated heterocycles. The Bertz CT molecular complexity index is 589. The predicted octanol–water partition coefficient (Wildman–Crippen LogP) is 4.51. The third-order valence-electron chi connectivity index (χ3n) is 2.51. The summed E-state index contributed by atoms with van der Waals surface area (Å²) < 4.78 is 6.30. The number of carbonyl (C=O) groups is 1. The summed E-state index contributed by atoms with van der Waals surface area (Å²) in [5.41, 5.74) is 1.93. The Hall–Kier alpha value is -1.62. The Balaban J connectivity index is 2.51. The number of benzene rings is 2. The molecule has 0 aliphatic rings. The van der Waals surface area contributed by atoms with Crippen molar-refractivity contribution in [2.45, 2.75) is 6.92 Å². The first-order chi connectivity index (χ1) is 9.18. The number of esters is 1. The van der Waals surface area contributed by atoms with Gasteiger partial charge in [-0.05, 0) is 28.2 Å². The highest BCUT2D eigenvalue weighted by Crippen LogP contribution is 2.32. The summed E-state index contributed by atoms with van der Waals surface area (Å²) in [6, 6.07) is 19.5. The zero-order chi connectivity index (χ0) is 13.7. The maximum atomic E-state index is 11.3. The Morgan fingerprint density at radius 3 is 1.84 bits per heavy atom. The van der Waals surface area contributed by atoms with Gasteiger partial charge in [0, 0.05) is 12.5 Å². The largest absolute Gasteiger partial charge is 0.425 e. The van der Waals surface area contributed by atoms with E-state index in [4.69, 9.17) is 4.74 Å². The summed E-state index contributed by atoms with van der Waals surface area (Å²) >= 11 is 2.21. The van der Waals surface area contributed by atoms with Crippen LogP contribution in [0.15, 0.2) is 60.7 Å². The second-order valence-electron chi connectivity index (χ2n) is 3.97. The lowest BCUT2D eigenvalue weighted by molar-refractivity contribution is -0.134. The minimum absolute atomic E-state index is 0.316. The van der Waals surface area contributed by atoms with Crippen molar-refractivity contribution in [3.63, 3.8) is 0 Å². The molecule has 0 aliphatic heterocycles. The van der Waals surface area contributed by atoms with E-state index in [1.54, 1.807) is 0 Å². The molecule has 0 amide bonds. The van der Waals surface area contributed by atoms with Gasteiger partial charge in [0.2, 0.25) is 0 Å². The van der Waals surface area contributed by atoms with Crippen molar-refractivity contribution in [3.8, 4) is 0 Å². The van der Waals surface area contributed by atoms with Crippen LogP contribution in [0, 0.1) is 0 Å². The molecular formula is C16H13IO2. The lowest BCUT2D eigenvalue weighted by Gasteiger charge is -2.11. The molecule has 0 fully saturated rings. The van der Waals surface area contributed by atoms with Gasteiger partial charge in [0.05, 0.1) is 3.58 Å². The third-order valence-corrected chi connectivity index (χ3v) is 3.62. The van der Waals surface area contributed by atoms with Gasteiger partial charge >= 0.3 is 5.97 Å². The van der Waals surface area contributed by atoms with Gasteiger partial charge in [-0.15, -0.1) is 0 Å². The molecule has 0 spiro atoms. The van der Waals surface area contributed by atoms with E-state index in [1.807, 2.05) is 60.7 Å². The molecule has 0 bridgehead atoms. The monoisotopic (exact) mass is 364 g/mol. The molecule has 0 saturated carbocycles. The van der Waals surface area contributed by atoms with Gasteiger partial charge < -0.3 is 4.74 Å². The zero-order valence-corrected chi connectivity index (χ0v) is 12.6. The molecule has 2 aromatic carbocycles. The van der Waals surface area contributed by atoms with Crippen LogP contribution in [-0.4, -0.2) is 5.97 Å². The number of carbonyl (C=O) groups excluding carboxylic acids is 1. The van der Waals surface area contributed by atoms with Crippen LogP contribution in [0.2, 0.25) is 0 Å². The number of hydrogen-bond donors (Lipinski definition) is 0. The smallest absolute Gasteiger partial charge is 0.308 e. The van der Waals surface area contributed by atoms with Crippen LogP contribution in [-0.2, 0) is 9.53 Å². The summed E-state index contributed by atoms with van der Waals surface area (Å²) in [5.74, 6) is 0.281. The van der Waals surface area contributed by atoms with Gasteiger partial charge in [0.1, 0.15) is 0 Å². The Morgan fingerprint density at radius 2 is 1.37 bits per heavy atom.